The average molecular weight is 493 g/mol. The summed E-state index contributed by atoms with van der Waals surface area (Å²) in [7, 11) is 0. The number of hydrogen-bond acceptors (Lipinski definition) is 5. The zero-order chi connectivity index (χ0) is 24.8. The van der Waals surface area contributed by atoms with Crippen LogP contribution in [-0.4, -0.2) is 28.2 Å². The van der Waals surface area contributed by atoms with Crippen LogP contribution in [0.4, 0.5) is 17.1 Å². The van der Waals surface area contributed by atoms with Gasteiger partial charge >= 0.3 is 0 Å². The minimum absolute atomic E-state index is 0.140. The van der Waals surface area contributed by atoms with Crippen molar-refractivity contribution in [3.8, 4) is 0 Å². The van der Waals surface area contributed by atoms with E-state index < -0.39 is 10.8 Å². The molecular formula is C26H25ClN4O4. The smallest absolute Gasteiger partial charge is 0.293 e. The van der Waals surface area contributed by atoms with Crippen molar-refractivity contribution in [3.63, 3.8) is 0 Å². The van der Waals surface area contributed by atoms with E-state index >= 15 is 0 Å². The maximum atomic E-state index is 12.8. The second-order valence-electron chi connectivity index (χ2n) is 8.36. The fourth-order valence-corrected chi connectivity index (χ4v) is 4.21. The highest BCUT2D eigenvalue weighted by Gasteiger charge is 2.20. The molecule has 1 aliphatic heterocycles. The lowest BCUT2D eigenvalue weighted by molar-refractivity contribution is -0.384. The van der Waals surface area contributed by atoms with Gasteiger partial charge in [-0.1, -0.05) is 41.9 Å². The second kappa shape index (κ2) is 11.0. The maximum Gasteiger partial charge on any atom is 0.293 e. The molecule has 0 saturated carbocycles. The molecule has 1 heterocycles. The minimum Gasteiger partial charge on any atom is -0.375 e. The number of carbonyl (C=O) groups is 2. The van der Waals surface area contributed by atoms with Crippen LogP contribution in [0.5, 0.6) is 0 Å². The molecule has 0 radical (unpaired) electrons. The fourth-order valence-electron chi connectivity index (χ4n) is 4.01. The van der Waals surface area contributed by atoms with E-state index in [0.717, 1.165) is 30.5 Å². The first kappa shape index (κ1) is 24.2. The quantitative estimate of drug-likeness (QED) is 0.313. The lowest BCUT2D eigenvalue weighted by Crippen LogP contribution is -2.34. The molecule has 0 spiro atoms. The number of benzene rings is 3. The summed E-state index contributed by atoms with van der Waals surface area (Å²) in [6.07, 6.45) is 2.48. The third kappa shape index (κ3) is 6.16. The molecule has 1 aliphatic rings. The van der Waals surface area contributed by atoms with Gasteiger partial charge in [-0.2, -0.15) is 0 Å². The van der Waals surface area contributed by atoms with Crippen LogP contribution in [0.15, 0.2) is 66.7 Å². The number of halogens is 1. The number of hydrogen-bond donors (Lipinski definition) is 2. The molecule has 2 amide bonds. The van der Waals surface area contributed by atoms with Crippen molar-refractivity contribution in [1.29, 1.82) is 0 Å². The molecule has 0 aliphatic carbocycles. The monoisotopic (exact) mass is 492 g/mol. The average Bonchev–Trinajstić information content (AvgIpc) is 2.85. The van der Waals surface area contributed by atoms with E-state index in [4.69, 9.17) is 11.6 Å². The highest BCUT2D eigenvalue weighted by atomic mass is 35.5. The number of rotatable bonds is 8. The van der Waals surface area contributed by atoms with Crippen molar-refractivity contribution in [2.75, 3.05) is 17.2 Å². The lowest BCUT2D eigenvalue weighted by atomic mass is 10.1. The van der Waals surface area contributed by atoms with Crippen molar-refractivity contribution in [1.82, 2.24) is 4.90 Å². The first-order chi connectivity index (χ1) is 16.9. The van der Waals surface area contributed by atoms with E-state index in [9.17, 15) is 19.7 Å². The highest BCUT2D eigenvalue weighted by Crippen LogP contribution is 2.28. The normalized spacial score (nSPS) is 13.4. The van der Waals surface area contributed by atoms with Crippen LogP contribution in [0.1, 0.15) is 40.7 Å². The molecular weight excluding hydrogens is 468 g/mol. The third-order valence-electron chi connectivity index (χ3n) is 5.86. The van der Waals surface area contributed by atoms with Gasteiger partial charge in [0.05, 0.1) is 4.92 Å². The Hall–Kier alpha value is -3.91. The molecule has 180 valence electrons. The summed E-state index contributed by atoms with van der Waals surface area (Å²) in [6, 6.07) is 18.8. The van der Waals surface area contributed by atoms with Gasteiger partial charge in [-0.25, -0.2) is 0 Å². The molecule has 0 bridgehead atoms. The molecule has 0 aromatic heterocycles. The third-order valence-corrected chi connectivity index (χ3v) is 6.23. The van der Waals surface area contributed by atoms with E-state index in [1.807, 2.05) is 41.3 Å². The number of piperidine rings is 1. The number of anilines is 2. The Kier molecular flexibility index (Phi) is 7.62. The Bertz CT molecular complexity index is 1260. The first-order valence-electron chi connectivity index (χ1n) is 11.3. The second-order valence-corrected chi connectivity index (χ2v) is 8.77. The summed E-state index contributed by atoms with van der Waals surface area (Å²) < 4.78 is 0. The summed E-state index contributed by atoms with van der Waals surface area (Å²) >= 11 is 6.16. The number of nitrogens with zero attached hydrogens (tertiary/aromatic N) is 2. The topological polar surface area (TPSA) is 105 Å². The van der Waals surface area contributed by atoms with E-state index in [1.54, 1.807) is 12.1 Å². The van der Waals surface area contributed by atoms with Crippen molar-refractivity contribution in [2.45, 2.75) is 32.4 Å². The van der Waals surface area contributed by atoms with E-state index in [1.165, 1.54) is 18.2 Å². The van der Waals surface area contributed by atoms with Crippen LogP contribution in [0.25, 0.3) is 0 Å². The lowest BCUT2D eigenvalue weighted by Gasteiger charge is -2.26. The summed E-state index contributed by atoms with van der Waals surface area (Å²) in [5.74, 6) is -0.321. The molecule has 3 aromatic carbocycles. The van der Waals surface area contributed by atoms with Crippen LogP contribution in [0.3, 0.4) is 0 Å². The Labute approximate surface area is 208 Å². The molecule has 1 saturated heterocycles. The van der Waals surface area contributed by atoms with Gasteiger partial charge in [0.1, 0.15) is 5.69 Å². The number of nitrogens with one attached hydrogen (secondary N) is 2. The van der Waals surface area contributed by atoms with Crippen molar-refractivity contribution < 1.29 is 14.5 Å². The van der Waals surface area contributed by atoms with Gasteiger partial charge in [0.2, 0.25) is 5.91 Å². The van der Waals surface area contributed by atoms with Crippen LogP contribution < -0.4 is 10.6 Å². The number of carbonyl (C=O) groups excluding carboxylic acids is 2. The first-order valence-corrected chi connectivity index (χ1v) is 11.7. The van der Waals surface area contributed by atoms with E-state index in [-0.39, 0.29) is 17.2 Å². The van der Waals surface area contributed by atoms with Gasteiger partial charge in [0.25, 0.3) is 11.6 Å². The molecule has 9 heteroatoms. The molecule has 8 nitrogen and oxygen atoms in total. The van der Waals surface area contributed by atoms with Crippen LogP contribution in [-0.2, 0) is 17.9 Å². The molecule has 4 rings (SSSR count). The summed E-state index contributed by atoms with van der Waals surface area (Å²) in [5.41, 5.74) is 2.51. The number of nitro groups is 1. The minimum atomic E-state index is -0.526. The highest BCUT2D eigenvalue weighted by molar-refractivity contribution is 6.31. The Morgan fingerprint density at radius 2 is 1.89 bits per heavy atom. The van der Waals surface area contributed by atoms with Crippen LogP contribution in [0.2, 0.25) is 5.02 Å². The van der Waals surface area contributed by atoms with Gasteiger partial charge in [0, 0.05) is 48.4 Å². The number of likely N-dealkylation sites (tertiary alicyclic amines) is 1. The van der Waals surface area contributed by atoms with E-state index in [0.29, 0.717) is 35.9 Å². The Morgan fingerprint density at radius 1 is 1.06 bits per heavy atom. The maximum absolute atomic E-state index is 12.8. The van der Waals surface area contributed by atoms with Crippen molar-refractivity contribution >= 4 is 40.5 Å². The predicted octanol–water partition coefficient (Wildman–Crippen LogP) is 5.63. The summed E-state index contributed by atoms with van der Waals surface area (Å²) in [5, 5.41) is 18.1. The Morgan fingerprint density at radius 3 is 2.66 bits per heavy atom. The Balaban J connectivity index is 1.45. The molecule has 0 unspecified atom stereocenters. The number of nitro benzene ring substituents is 1. The fraction of sp³-hybridized carbons (Fsp3) is 0.231. The van der Waals surface area contributed by atoms with Crippen LogP contribution >= 0.6 is 11.6 Å². The van der Waals surface area contributed by atoms with Gasteiger partial charge in [-0.05, 0) is 54.3 Å². The van der Waals surface area contributed by atoms with Crippen molar-refractivity contribution in [2.24, 2.45) is 0 Å². The predicted molar refractivity (Wildman–Crippen MR) is 136 cm³/mol. The molecule has 1 fully saturated rings. The zero-order valence-corrected chi connectivity index (χ0v) is 19.8. The van der Waals surface area contributed by atoms with Gasteiger partial charge < -0.3 is 15.5 Å². The summed E-state index contributed by atoms with van der Waals surface area (Å²) in [4.78, 5) is 37.9. The summed E-state index contributed by atoms with van der Waals surface area (Å²) in [6.45, 7) is 1.52. The van der Waals surface area contributed by atoms with Gasteiger partial charge in [0.15, 0.2) is 0 Å². The standard InChI is InChI=1S/C26H25ClN4O4/c27-22-9-2-1-7-20(22)16-28-23-12-11-19(15-24(23)31(34)35)26(33)29-21-8-5-6-18(14-21)17-30-13-4-3-10-25(30)32/h1-2,5-9,11-12,14-15,28H,3-4,10,13,16-17H2,(H,29,33). The molecule has 35 heavy (non-hydrogen) atoms. The van der Waals surface area contributed by atoms with Crippen LogP contribution in [0, 0.1) is 10.1 Å². The molecule has 2 N–H and O–H groups in total. The van der Waals surface area contributed by atoms with Gasteiger partial charge in [-0.3, -0.25) is 19.7 Å². The zero-order valence-electron chi connectivity index (χ0n) is 19.0. The molecule has 0 atom stereocenters. The van der Waals surface area contributed by atoms with Crippen molar-refractivity contribution in [3.05, 3.63) is 98.6 Å². The SMILES string of the molecule is O=C(Nc1cccc(CN2CCCCC2=O)c1)c1ccc(NCc2ccccc2Cl)c([N+](=O)[O-])c1. The van der Waals surface area contributed by atoms with Gasteiger partial charge in [-0.15, -0.1) is 0 Å². The van der Waals surface area contributed by atoms with E-state index in [2.05, 4.69) is 10.6 Å². The largest absolute Gasteiger partial charge is 0.375 e. The number of amides is 2. The molecule has 3 aromatic rings.